The van der Waals surface area contributed by atoms with E-state index in [4.69, 9.17) is 18.5 Å². The molecule has 1 N–H and O–H groups in total. The summed E-state index contributed by atoms with van der Waals surface area (Å²) in [5.74, 6) is -0.327. The molecule has 0 aliphatic rings. The number of allylic oxidation sites excluding steroid dienone is 1. The van der Waals surface area contributed by atoms with Crippen LogP contribution in [-0.4, -0.2) is 69.0 Å². The minimum absolute atomic E-state index is 0.0550. The van der Waals surface area contributed by atoms with Crippen LogP contribution in [0, 0.1) is 0 Å². The summed E-state index contributed by atoms with van der Waals surface area (Å²) in [6.45, 7) is 5.00. The lowest BCUT2D eigenvalue weighted by Gasteiger charge is -2.24. The predicted molar refractivity (Wildman–Crippen MR) is 270 cm³/mol. The average Bonchev–Trinajstić information content (AvgIpc) is 3.24. The van der Waals surface area contributed by atoms with Crippen LogP contribution in [0.15, 0.2) is 12.3 Å². The summed E-state index contributed by atoms with van der Waals surface area (Å²) in [6.07, 6.45) is 56.5. The number of esters is 1. The van der Waals surface area contributed by atoms with Gasteiger partial charge in [0.2, 0.25) is 0 Å². The van der Waals surface area contributed by atoms with Crippen LogP contribution in [0.25, 0.3) is 0 Å². The second kappa shape index (κ2) is 47.6. The smallest absolute Gasteiger partial charge is 0.472 e. The van der Waals surface area contributed by atoms with Crippen molar-refractivity contribution in [3.8, 4) is 0 Å². The van der Waals surface area contributed by atoms with Gasteiger partial charge < -0.3 is 18.9 Å². The van der Waals surface area contributed by atoms with Gasteiger partial charge in [-0.25, -0.2) is 4.57 Å². The molecule has 0 aromatic rings. The number of likely N-dealkylation sites (N-methyl/N-ethyl adjacent to an activating group) is 1. The first kappa shape index (κ1) is 62.1. The molecule has 0 rings (SSSR count). The standard InChI is InChI=1S/C54H108NO7P/c1-6-8-10-12-14-16-18-20-22-24-26-27-28-29-30-31-33-35-37-39-41-43-45-47-54(56)62-53(52-61-63(57,58)60-50-48-55(3,4)5)51-59-49-46-44-42-40-38-36-34-32-25-23-21-19-17-15-13-11-9-7-2/h46,49,53H,6-45,47-48,50-52H2,1-5H3/p+1/b49-46+/t53-/m1/s1. The van der Waals surface area contributed by atoms with Crippen molar-refractivity contribution in [2.75, 3.05) is 47.5 Å². The van der Waals surface area contributed by atoms with Crippen molar-refractivity contribution < 1.29 is 37.3 Å². The SMILES string of the molecule is CCCCCCCCCCCCCCCCCC/C=C/OC[C@H](COP(=O)(O)OCC[N+](C)(C)C)OC(=O)CCCCCCCCCCCCCCCCCCCCCCCCC. The number of phosphoric ester groups is 1. The molecule has 2 atom stereocenters. The molecular weight excluding hydrogens is 806 g/mol. The molecule has 0 aliphatic heterocycles. The lowest BCUT2D eigenvalue weighted by Crippen LogP contribution is -2.37. The quantitative estimate of drug-likeness (QED) is 0.0214. The zero-order chi connectivity index (χ0) is 46.2. The molecule has 8 nitrogen and oxygen atoms in total. The van der Waals surface area contributed by atoms with Crippen molar-refractivity contribution in [3.05, 3.63) is 12.3 Å². The molecule has 0 bridgehead atoms. The van der Waals surface area contributed by atoms with Crippen LogP contribution in [0.5, 0.6) is 0 Å². The van der Waals surface area contributed by atoms with E-state index >= 15 is 0 Å². The summed E-state index contributed by atoms with van der Waals surface area (Å²) in [6, 6.07) is 0. The van der Waals surface area contributed by atoms with Gasteiger partial charge in [-0.05, 0) is 25.3 Å². The minimum Gasteiger partial charge on any atom is -0.498 e. The first-order valence-corrected chi connectivity index (χ1v) is 29.0. The molecule has 0 aromatic heterocycles. The van der Waals surface area contributed by atoms with Gasteiger partial charge in [0.25, 0.3) is 0 Å². The predicted octanol–water partition coefficient (Wildman–Crippen LogP) is 17.3. The van der Waals surface area contributed by atoms with Gasteiger partial charge in [0, 0.05) is 6.42 Å². The molecule has 0 aromatic carbocycles. The highest BCUT2D eigenvalue weighted by atomic mass is 31.2. The maximum Gasteiger partial charge on any atom is 0.472 e. The molecule has 0 saturated heterocycles. The maximum absolute atomic E-state index is 12.8. The zero-order valence-electron chi connectivity index (χ0n) is 42.8. The minimum atomic E-state index is -4.29. The lowest BCUT2D eigenvalue weighted by molar-refractivity contribution is -0.870. The summed E-state index contributed by atoms with van der Waals surface area (Å²) in [4.78, 5) is 23.0. The Hall–Kier alpha value is -0.920. The summed E-state index contributed by atoms with van der Waals surface area (Å²) in [5, 5.41) is 0. The van der Waals surface area contributed by atoms with E-state index in [1.807, 2.05) is 27.2 Å². The second-order valence-corrected chi connectivity index (χ2v) is 21.5. The van der Waals surface area contributed by atoms with Crippen LogP contribution in [0.3, 0.4) is 0 Å². The first-order chi connectivity index (χ1) is 30.6. The van der Waals surface area contributed by atoms with E-state index in [0.717, 1.165) is 32.1 Å². The monoisotopic (exact) mass is 915 g/mol. The van der Waals surface area contributed by atoms with Gasteiger partial charge in [-0.1, -0.05) is 251 Å². The fourth-order valence-electron chi connectivity index (χ4n) is 8.17. The zero-order valence-corrected chi connectivity index (χ0v) is 43.7. The summed E-state index contributed by atoms with van der Waals surface area (Å²) in [5.41, 5.74) is 0. The van der Waals surface area contributed by atoms with Crippen LogP contribution >= 0.6 is 7.82 Å². The Morgan fingerprint density at radius 3 is 1.17 bits per heavy atom. The van der Waals surface area contributed by atoms with E-state index in [9.17, 15) is 14.3 Å². The second-order valence-electron chi connectivity index (χ2n) is 20.0. The van der Waals surface area contributed by atoms with E-state index in [-0.39, 0.29) is 25.8 Å². The Kier molecular flexibility index (Phi) is 46.9. The number of ether oxygens (including phenoxy) is 2. The van der Waals surface area contributed by atoms with Crippen LogP contribution < -0.4 is 0 Å². The summed E-state index contributed by atoms with van der Waals surface area (Å²) in [7, 11) is 1.66. The Labute approximate surface area is 392 Å². The number of carbonyl (C=O) groups excluding carboxylic acids is 1. The third kappa shape index (κ3) is 51.9. The average molecular weight is 915 g/mol. The number of unbranched alkanes of at least 4 members (excludes halogenated alkanes) is 38. The number of quaternary nitrogens is 1. The third-order valence-electron chi connectivity index (χ3n) is 12.4. The highest BCUT2D eigenvalue weighted by molar-refractivity contribution is 7.47. The highest BCUT2D eigenvalue weighted by Gasteiger charge is 2.26. The fourth-order valence-corrected chi connectivity index (χ4v) is 8.91. The molecule has 0 heterocycles. The number of nitrogens with zero attached hydrogens (tertiary/aromatic N) is 1. The molecule has 0 aliphatic carbocycles. The van der Waals surface area contributed by atoms with Crippen molar-refractivity contribution in [3.63, 3.8) is 0 Å². The van der Waals surface area contributed by atoms with Crippen LogP contribution in [0.4, 0.5) is 0 Å². The highest BCUT2D eigenvalue weighted by Crippen LogP contribution is 2.43. The van der Waals surface area contributed by atoms with Crippen LogP contribution in [0.2, 0.25) is 0 Å². The molecule has 0 radical (unpaired) electrons. The normalized spacial score (nSPS) is 13.5. The Balaban J connectivity index is 4.08. The number of carbonyl (C=O) groups is 1. The summed E-state index contributed by atoms with van der Waals surface area (Å²) < 4.78 is 35.0. The lowest BCUT2D eigenvalue weighted by atomic mass is 10.0. The van der Waals surface area contributed by atoms with Crippen LogP contribution in [0.1, 0.15) is 277 Å². The molecule has 0 saturated carbocycles. The number of phosphoric acid groups is 1. The number of rotatable bonds is 52. The molecule has 376 valence electrons. The van der Waals surface area contributed by atoms with Crippen LogP contribution in [-0.2, 0) is 27.9 Å². The fraction of sp³-hybridized carbons (Fsp3) is 0.944. The molecule has 0 amide bonds. The van der Waals surface area contributed by atoms with Gasteiger partial charge in [0.15, 0.2) is 6.10 Å². The number of hydrogen-bond acceptors (Lipinski definition) is 6. The van der Waals surface area contributed by atoms with E-state index in [1.165, 1.54) is 225 Å². The van der Waals surface area contributed by atoms with E-state index in [1.54, 1.807) is 6.26 Å². The van der Waals surface area contributed by atoms with E-state index < -0.39 is 13.9 Å². The van der Waals surface area contributed by atoms with Gasteiger partial charge in [-0.2, -0.15) is 0 Å². The Morgan fingerprint density at radius 1 is 0.492 bits per heavy atom. The van der Waals surface area contributed by atoms with Gasteiger partial charge in [0.05, 0.1) is 34.0 Å². The van der Waals surface area contributed by atoms with Crippen molar-refractivity contribution in [2.24, 2.45) is 0 Å². The van der Waals surface area contributed by atoms with E-state index in [2.05, 4.69) is 13.8 Å². The topological polar surface area (TPSA) is 91.3 Å². The van der Waals surface area contributed by atoms with Gasteiger partial charge >= 0.3 is 13.8 Å². The Bertz CT molecular complexity index is 1020. The van der Waals surface area contributed by atoms with Crippen molar-refractivity contribution in [1.29, 1.82) is 0 Å². The van der Waals surface area contributed by atoms with Crippen molar-refractivity contribution in [1.82, 2.24) is 0 Å². The van der Waals surface area contributed by atoms with Gasteiger partial charge in [-0.3, -0.25) is 13.8 Å². The Morgan fingerprint density at radius 2 is 0.825 bits per heavy atom. The van der Waals surface area contributed by atoms with Crippen molar-refractivity contribution >= 4 is 13.8 Å². The largest absolute Gasteiger partial charge is 0.498 e. The maximum atomic E-state index is 12.8. The van der Waals surface area contributed by atoms with Gasteiger partial charge in [0.1, 0.15) is 19.8 Å². The number of hydrogen-bond donors (Lipinski definition) is 1. The van der Waals surface area contributed by atoms with Gasteiger partial charge in [-0.15, -0.1) is 0 Å². The van der Waals surface area contributed by atoms with Crippen molar-refractivity contribution in [2.45, 2.75) is 283 Å². The molecule has 63 heavy (non-hydrogen) atoms. The summed E-state index contributed by atoms with van der Waals surface area (Å²) >= 11 is 0. The third-order valence-corrected chi connectivity index (χ3v) is 13.4. The molecular formula is C54H109NO7P+. The molecule has 9 heteroatoms. The first-order valence-electron chi connectivity index (χ1n) is 27.5. The molecule has 0 fully saturated rings. The van der Waals surface area contributed by atoms with E-state index in [0.29, 0.717) is 17.4 Å². The molecule has 1 unspecified atom stereocenters. The molecule has 0 spiro atoms.